The molecule has 108 valence electrons. The first-order valence-electron chi connectivity index (χ1n) is 7.22. The van der Waals surface area contributed by atoms with Gasteiger partial charge in [0.25, 0.3) is 0 Å². The molecule has 2 N–H and O–H groups in total. The Bertz CT molecular complexity index is 448. The monoisotopic (exact) mass is 291 g/mol. The molecule has 2 unspecified atom stereocenters. The third kappa shape index (κ3) is 3.27. The summed E-state index contributed by atoms with van der Waals surface area (Å²) in [4.78, 5) is 14.4. The minimum atomic E-state index is 0.00614. The normalized spacial score (nSPS) is 25.9. The Morgan fingerprint density at radius 2 is 2.25 bits per heavy atom. The molecule has 1 aromatic carbocycles. The summed E-state index contributed by atoms with van der Waals surface area (Å²) in [7, 11) is 0. The van der Waals surface area contributed by atoms with Crippen molar-refractivity contribution in [2.24, 2.45) is 5.92 Å². The molecule has 2 fully saturated rings. The summed E-state index contributed by atoms with van der Waals surface area (Å²) in [5.41, 5.74) is 1.29. The first-order chi connectivity index (χ1) is 9.83. The van der Waals surface area contributed by atoms with Gasteiger partial charge in [-0.25, -0.2) is 0 Å². The van der Waals surface area contributed by atoms with Crippen molar-refractivity contribution in [1.82, 2.24) is 10.6 Å². The second kappa shape index (κ2) is 6.50. The van der Waals surface area contributed by atoms with Crippen molar-refractivity contribution < 1.29 is 4.79 Å². The van der Waals surface area contributed by atoms with E-state index in [2.05, 4.69) is 39.8 Å². The fourth-order valence-corrected chi connectivity index (χ4v) is 3.75. The zero-order valence-electron chi connectivity index (χ0n) is 11.5. The molecule has 2 saturated heterocycles. The van der Waals surface area contributed by atoms with E-state index in [-0.39, 0.29) is 11.9 Å². The molecule has 2 atom stereocenters. The summed E-state index contributed by atoms with van der Waals surface area (Å²) in [6, 6.07) is 10.5. The molecule has 5 heteroatoms. The molecule has 1 aromatic rings. The highest BCUT2D eigenvalue weighted by Crippen LogP contribution is 2.23. The molecule has 2 aliphatic rings. The van der Waals surface area contributed by atoms with Gasteiger partial charge in [-0.15, -0.1) is 11.8 Å². The molecule has 0 aliphatic carbocycles. The summed E-state index contributed by atoms with van der Waals surface area (Å²) in [6.45, 7) is 2.92. The van der Waals surface area contributed by atoms with Crippen LogP contribution in [0.5, 0.6) is 0 Å². The second-order valence-corrected chi connectivity index (χ2v) is 6.48. The number of anilines is 1. The number of para-hydroxylation sites is 1. The Morgan fingerprint density at radius 1 is 1.40 bits per heavy atom. The number of amides is 1. The van der Waals surface area contributed by atoms with Crippen LogP contribution in [0.25, 0.3) is 0 Å². The molecular formula is C15H21N3OS. The number of nitrogens with zero attached hydrogens (tertiary/aromatic N) is 1. The number of carbonyl (C=O) groups is 1. The minimum absolute atomic E-state index is 0.00614. The number of hydrogen-bond acceptors (Lipinski definition) is 4. The van der Waals surface area contributed by atoms with Crippen LogP contribution in [0, 0.1) is 5.92 Å². The number of benzene rings is 1. The Kier molecular flexibility index (Phi) is 4.47. The number of rotatable bonds is 4. The quantitative estimate of drug-likeness (QED) is 0.877. The number of carbonyl (C=O) groups excluding carboxylic acids is 1. The standard InChI is InChI=1S/C15H21N3OS/c19-15(14-10-20-11-17-14)16-8-12-6-7-18(9-12)13-4-2-1-3-5-13/h1-5,12,14,17H,6-11H2,(H,16,19). The third-order valence-electron chi connectivity index (χ3n) is 4.00. The van der Waals surface area contributed by atoms with E-state index in [1.165, 1.54) is 5.69 Å². The van der Waals surface area contributed by atoms with E-state index in [4.69, 9.17) is 0 Å². The van der Waals surface area contributed by atoms with Crippen LogP contribution < -0.4 is 15.5 Å². The van der Waals surface area contributed by atoms with Gasteiger partial charge in [0, 0.05) is 37.0 Å². The van der Waals surface area contributed by atoms with Crippen LogP contribution >= 0.6 is 11.8 Å². The van der Waals surface area contributed by atoms with E-state index in [1.54, 1.807) is 11.8 Å². The summed E-state index contributed by atoms with van der Waals surface area (Å²) in [5.74, 6) is 2.51. The molecule has 2 heterocycles. The van der Waals surface area contributed by atoms with Crippen molar-refractivity contribution in [2.75, 3.05) is 36.2 Å². The van der Waals surface area contributed by atoms with Crippen molar-refractivity contribution in [2.45, 2.75) is 12.5 Å². The maximum Gasteiger partial charge on any atom is 0.238 e. The first-order valence-corrected chi connectivity index (χ1v) is 8.37. The smallest absolute Gasteiger partial charge is 0.238 e. The average Bonchev–Trinajstić information content (AvgIpc) is 3.17. The molecule has 0 radical (unpaired) electrons. The number of thioether (sulfide) groups is 1. The van der Waals surface area contributed by atoms with Gasteiger partial charge < -0.3 is 10.2 Å². The zero-order valence-corrected chi connectivity index (χ0v) is 12.4. The lowest BCUT2D eigenvalue weighted by atomic mass is 10.1. The Balaban J connectivity index is 1.45. The van der Waals surface area contributed by atoms with Crippen LogP contribution in [-0.2, 0) is 4.79 Å². The van der Waals surface area contributed by atoms with Crippen LogP contribution in [0.4, 0.5) is 5.69 Å². The SMILES string of the molecule is O=C(NCC1CCN(c2ccccc2)C1)C1CSCN1. The Hall–Kier alpha value is -1.20. The van der Waals surface area contributed by atoms with Crippen LogP contribution in [0.3, 0.4) is 0 Å². The van der Waals surface area contributed by atoms with Crippen molar-refractivity contribution in [3.05, 3.63) is 30.3 Å². The lowest BCUT2D eigenvalue weighted by Crippen LogP contribution is -2.43. The van der Waals surface area contributed by atoms with Crippen molar-refractivity contribution in [3.63, 3.8) is 0 Å². The van der Waals surface area contributed by atoms with Gasteiger partial charge in [0.1, 0.15) is 0 Å². The van der Waals surface area contributed by atoms with Gasteiger partial charge in [-0.1, -0.05) is 18.2 Å². The predicted molar refractivity (Wildman–Crippen MR) is 84.0 cm³/mol. The van der Waals surface area contributed by atoms with Crippen molar-refractivity contribution in [1.29, 1.82) is 0 Å². The molecule has 20 heavy (non-hydrogen) atoms. The fourth-order valence-electron chi connectivity index (χ4n) is 2.80. The van der Waals surface area contributed by atoms with E-state index in [0.29, 0.717) is 5.92 Å². The lowest BCUT2D eigenvalue weighted by Gasteiger charge is -2.19. The van der Waals surface area contributed by atoms with Gasteiger partial charge in [-0.2, -0.15) is 0 Å². The molecule has 0 spiro atoms. The third-order valence-corrected chi connectivity index (χ3v) is 4.94. The van der Waals surface area contributed by atoms with Gasteiger partial charge in [0.15, 0.2) is 0 Å². The van der Waals surface area contributed by atoms with E-state index in [9.17, 15) is 4.79 Å². The topological polar surface area (TPSA) is 44.4 Å². The number of nitrogens with one attached hydrogen (secondary N) is 2. The summed E-state index contributed by atoms with van der Waals surface area (Å²) >= 11 is 1.79. The van der Waals surface area contributed by atoms with Crippen molar-refractivity contribution >= 4 is 23.4 Å². The largest absolute Gasteiger partial charge is 0.371 e. The van der Waals surface area contributed by atoms with Crippen LogP contribution in [0.2, 0.25) is 0 Å². The maximum atomic E-state index is 12.0. The Morgan fingerprint density at radius 3 is 3.00 bits per heavy atom. The van der Waals surface area contributed by atoms with Gasteiger partial charge in [-0.3, -0.25) is 10.1 Å². The predicted octanol–water partition coefficient (Wildman–Crippen LogP) is 1.29. The van der Waals surface area contributed by atoms with E-state index < -0.39 is 0 Å². The molecular weight excluding hydrogens is 270 g/mol. The highest BCUT2D eigenvalue weighted by Gasteiger charge is 2.26. The maximum absolute atomic E-state index is 12.0. The molecule has 2 aliphatic heterocycles. The molecule has 0 aromatic heterocycles. The first kappa shape index (κ1) is 13.8. The highest BCUT2D eigenvalue weighted by atomic mass is 32.2. The minimum Gasteiger partial charge on any atom is -0.371 e. The zero-order chi connectivity index (χ0) is 13.8. The van der Waals surface area contributed by atoms with Crippen LogP contribution in [0.15, 0.2) is 30.3 Å². The number of hydrogen-bond donors (Lipinski definition) is 2. The summed E-state index contributed by atoms with van der Waals surface area (Å²) in [6.07, 6.45) is 1.15. The highest BCUT2D eigenvalue weighted by molar-refractivity contribution is 7.99. The lowest BCUT2D eigenvalue weighted by molar-refractivity contribution is -0.122. The molecule has 3 rings (SSSR count). The Labute approximate surface area is 124 Å². The van der Waals surface area contributed by atoms with Gasteiger partial charge in [0.05, 0.1) is 6.04 Å². The van der Waals surface area contributed by atoms with Gasteiger partial charge in [0.2, 0.25) is 5.91 Å². The molecule has 0 saturated carbocycles. The van der Waals surface area contributed by atoms with Gasteiger partial charge >= 0.3 is 0 Å². The van der Waals surface area contributed by atoms with Gasteiger partial charge in [-0.05, 0) is 24.5 Å². The van der Waals surface area contributed by atoms with Crippen LogP contribution in [-0.4, -0.2) is 43.2 Å². The second-order valence-electron chi connectivity index (χ2n) is 5.45. The summed E-state index contributed by atoms with van der Waals surface area (Å²) < 4.78 is 0. The van der Waals surface area contributed by atoms with E-state index in [1.807, 2.05) is 6.07 Å². The van der Waals surface area contributed by atoms with E-state index >= 15 is 0 Å². The van der Waals surface area contributed by atoms with E-state index in [0.717, 1.165) is 37.7 Å². The summed E-state index contributed by atoms with van der Waals surface area (Å²) in [5, 5.41) is 6.30. The average molecular weight is 291 g/mol. The fraction of sp³-hybridized carbons (Fsp3) is 0.533. The molecule has 4 nitrogen and oxygen atoms in total. The molecule has 0 bridgehead atoms. The van der Waals surface area contributed by atoms with Crippen LogP contribution in [0.1, 0.15) is 6.42 Å². The van der Waals surface area contributed by atoms with Crippen molar-refractivity contribution in [3.8, 4) is 0 Å². The molecule has 1 amide bonds.